The van der Waals surface area contributed by atoms with Crippen molar-refractivity contribution in [3.05, 3.63) is 71.1 Å². The van der Waals surface area contributed by atoms with Crippen LogP contribution in [0.15, 0.2) is 60.0 Å². The Balaban J connectivity index is 1.73. The van der Waals surface area contributed by atoms with E-state index in [4.69, 9.17) is 0 Å². The van der Waals surface area contributed by atoms with Crippen molar-refractivity contribution in [3.8, 4) is 11.3 Å². The molecule has 1 N–H and O–H groups in total. The third-order valence-electron chi connectivity index (χ3n) is 4.49. The first-order valence-corrected chi connectivity index (χ1v) is 9.99. The minimum absolute atomic E-state index is 0.0141. The van der Waals surface area contributed by atoms with Crippen molar-refractivity contribution in [1.82, 2.24) is 4.98 Å². The van der Waals surface area contributed by atoms with Gasteiger partial charge in [-0.1, -0.05) is 74.9 Å². The van der Waals surface area contributed by atoms with Crippen LogP contribution in [0, 0.1) is 0 Å². The van der Waals surface area contributed by atoms with Gasteiger partial charge in [0.2, 0.25) is 5.91 Å². The molecule has 0 unspecified atom stereocenters. The van der Waals surface area contributed by atoms with Gasteiger partial charge < -0.3 is 5.32 Å². The third kappa shape index (κ3) is 4.38. The Morgan fingerprint density at radius 3 is 2.46 bits per heavy atom. The lowest BCUT2D eigenvalue weighted by Gasteiger charge is -2.15. The van der Waals surface area contributed by atoms with Crippen molar-refractivity contribution in [2.45, 2.75) is 39.0 Å². The summed E-state index contributed by atoms with van der Waals surface area (Å²) >= 11 is 1.47. The quantitative estimate of drug-likeness (QED) is 0.567. The number of nitrogens with one attached hydrogen (secondary N) is 1. The Kier molecular flexibility index (Phi) is 6.18. The van der Waals surface area contributed by atoms with Gasteiger partial charge in [-0.05, 0) is 24.0 Å². The number of aromatic nitrogens is 1. The van der Waals surface area contributed by atoms with E-state index in [9.17, 15) is 4.79 Å². The second-order valence-corrected chi connectivity index (χ2v) is 7.19. The van der Waals surface area contributed by atoms with E-state index in [1.807, 2.05) is 35.7 Å². The lowest BCUT2D eigenvalue weighted by molar-refractivity contribution is -0.117. The number of hydrogen-bond acceptors (Lipinski definition) is 3. The fourth-order valence-electron chi connectivity index (χ4n) is 2.99. The predicted octanol–water partition coefficient (Wildman–Crippen LogP) is 5.89. The van der Waals surface area contributed by atoms with Crippen molar-refractivity contribution < 1.29 is 4.79 Å². The number of benzene rings is 2. The Labute approximate surface area is 159 Å². The molecule has 0 bridgehead atoms. The molecule has 1 amide bonds. The van der Waals surface area contributed by atoms with Crippen LogP contribution in [0.4, 0.5) is 5.13 Å². The highest BCUT2D eigenvalue weighted by molar-refractivity contribution is 7.14. The standard InChI is InChI=1S/C22H24N2OS/c1-3-8-19(17-9-6-5-7-10-17)21(25)24-22-23-20(15-26-22)18-13-11-16(4-2)12-14-18/h5-7,9-15,19H,3-4,8H2,1-2H3,(H,23,24,25)/t19-/m0/s1. The fraction of sp³-hybridized carbons (Fsp3) is 0.273. The van der Waals surface area contributed by atoms with E-state index in [2.05, 4.69) is 48.4 Å². The molecule has 0 aliphatic carbocycles. The van der Waals surface area contributed by atoms with Crippen LogP contribution in [-0.2, 0) is 11.2 Å². The van der Waals surface area contributed by atoms with E-state index in [-0.39, 0.29) is 11.8 Å². The zero-order chi connectivity index (χ0) is 18.4. The molecule has 1 atom stereocenters. The number of carbonyl (C=O) groups excluding carboxylic acids is 1. The smallest absolute Gasteiger partial charge is 0.233 e. The van der Waals surface area contributed by atoms with Crippen molar-refractivity contribution in [1.29, 1.82) is 0 Å². The lowest BCUT2D eigenvalue weighted by atomic mass is 9.94. The van der Waals surface area contributed by atoms with Gasteiger partial charge in [0, 0.05) is 10.9 Å². The lowest BCUT2D eigenvalue weighted by Crippen LogP contribution is -2.21. The van der Waals surface area contributed by atoms with Gasteiger partial charge in [0.05, 0.1) is 11.6 Å². The molecule has 1 aromatic heterocycles. The van der Waals surface area contributed by atoms with Crippen molar-refractivity contribution >= 4 is 22.4 Å². The molecule has 0 aliphatic heterocycles. The highest BCUT2D eigenvalue weighted by atomic mass is 32.1. The summed E-state index contributed by atoms with van der Waals surface area (Å²) in [6, 6.07) is 18.4. The highest BCUT2D eigenvalue weighted by Gasteiger charge is 2.20. The molecule has 0 fully saturated rings. The number of amides is 1. The van der Waals surface area contributed by atoms with Crippen molar-refractivity contribution in [3.63, 3.8) is 0 Å². The molecular weight excluding hydrogens is 340 g/mol. The summed E-state index contributed by atoms with van der Waals surface area (Å²) in [4.78, 5) is 17.4. The SMILES string of the molecule is CCC[C@H](C(=O)Nc1nc(-c2ccc(CC)cc2)cs1)c1ccccc1. The molecule has 0 spiro atoms. The summed E-state index contributed by atoms with van der Waals surface area (Å²) in [5.74, 6) is -0.127. The van der Waals surface area contributed by atoms with E-state index < -0.39 is 0 Å². The number of nitrogens with zero attached hydrogens (tertiary/aromatic N) is 1. The minimum Gasteiger partial charge on any atom is -0.301 e. The van der Waals surface area contributed by atoms with Gasteiger partial charge in [0.15, 0.2) is 5.13 Å². The number of aryl methyl sites for hydroxylation is 1. The normalized spacial score (nSPS) is 11.9. The summed E-state index contributed by atoms with van der Waals surface area (Å²) in [7, 11) is 0. The zero-order valence-electron chi connectivity index (χ0n) is 15.2. The molecule has 4 heteroatoms. The molecule has 0 radical (unpaired) electrons. The molecule has 2 aromatic carbocycles. The van der Waals surface area contributed by atoms with Gasteiger partial charge in [0.25, 0.3) is 0 Å². The summed E-state index contributed by atoms with van der Waals surface area (Å²) in [6.07, 6.45) is 2.81. The van der Waals surface area contributed by atoms with Crippen LogP contribution >= 0.6 is 11.3 Å². The summed E-state index contributed by atoms with van der Waals surface area (Å²) in [5.41, 5.74) is 4.34. The van der Waals surface area contributed by atoms with E-state index in [0.29, 0.717) is 5.13 Å². The minimum atomic E-state index is -0.141. The molecule has 3 rings (SSSR count). The second-order valence-electron chi connectivity index (χ2n) is 6.33. The van der Waals surface area contributed by atoms with Gasteiger partial charge in [-0.2, -0.15) is 0 Å². The molecule has 0 saturated carbocycles. The van der Waals surface area contributed by atoms with Crippen LogP contribution in [0.5, 0.6) is 0 Å². The van der Waals surface area contributed by atoms with Crippen LogP contribution in [0.25, 0.3) is 11.3 Å². The topological polar surface area (TPSA) is 42.0 Å². The van der Waals surface area contributed by atoms with E-state index in [1.54, 1.807) is 0 Å². The monoisotopic (exact) mass is 364 g/mol. The van der Waals surface area contributed by atoms with Crippen LogP contribution in [0.1, 0.15) is 43.7 Å². The Hall–Kier alpha value is -2.46. The maximum absolute atomic E-state index is 12.8. The van der Waals surface area contributed by atoms with Crippen LogP contribution in [-0.4, -0.2) is 10.9 Å². The number of carbonyl (C=O) groups is 1. The molecule has 0 aliphatic rings. The van der Waals surface area contributed by atoms with E-state index >= 15 is 0 Å². The number of anilines is 1. The van der Waals surface area contributed by atoms with Gasteiger partial charge in [-0.15, -0.1) is 11.3 Å². The molecular formula is C22H24N2OS. The van der Waals surface area contributed by atoms with Gasteiger partial charge in [-0.3, -0.25) is 4.79 Å². The van der Waals surface area contributed by atoms with Crippen LogP contribution in [0.3, 0.4) is 0 Å². The maximum Gasteiger partial charge on any atom is 0.233 e. The molecule has 3 nitrogen and oxygen atoms in total. The van der Waals surface area contributed by atoms with Gasteiger partial charge >= 0.3 is 0 Å². The average Bonchev–Trinajstić information content (AvgIpc) is 3.15. The van der Waals surface area contributed by atoms with Crippen molar-refractivity contribution in [2.24, 2.45) is 0 Å². The first-order valence-electron chi connectivity index (χ1n) is 9.12. The summed E-state index contributed by atoms with van der Waals surface area (Å²) in [5, 5.41) is 5.65. The summed E-state index contributed by atoms with van der Waals surface area (Å²) < 4.78 is 0. The molecule has 3 aromatic rings. The second kappa shape index (κ2) is 8.77. The van der Waals surface area contributed by atoms with Crippen molar-refractivity contribution in [2.75, 3.05) is 5.32 Å². The Morgan fingerprint density at radius 1 is 1.08 bits per heavy atom. The number of rotatable bonds is 7. The predicted molar refractivity (Wildman–Crippen MR) is 110 cm³/mol. The summed E-state index contributed by atoms with van der Waals surface area (Å²) in [6.45, 7) is 4.25. The van der Waals surface area contributed by atoms with Gasteiger partial charge in [0.1, 0.15) is 0 Å². The van der Waals surface area contributed by atoms with Crippen LogP contribution < -0.4 is 5.32 Å². The molecule has 26 heavy (non-hydrogen) atoms. The molecule has 1 heterocycles. The largest absolute Gasteiger partial charge is 0.301 e. The third-order valence-corrected chi connectivity index (χ3v) is 5.25. The van der Waals surface area contributed by atoms with E-state index in [0.717, 1.165) is 36.1 Å². The Bertz CT molecular complexity index is 840. The maximum atomic E-state index is 12.8. The number of hydrogen-bond donors (Lipinski definition) is 1. The Morgan fingerprint density at radius 2 is 1.81 bits per heavy atom. The molecule has 134 valence electrons. The average molecular weight is 365 g/mol. The number of thiazole rings is 1. The van der Waals surface area contributed by atoms with Crippen LogP contribution in [0.2, 0.25) is 0 Å². The zero-order valence-corrected chi connectivity index (χ0v) is 16.1. The van der Waals surface area contributed by atoms with E-state index in [1.165, 1.54) is 16.9 Å². The first-order chi connectivity index (χ1) is 12.7. The molecule has 0 saturated heterocycles. The highest BCUT2D eigenvalue weighted by Crippen LogP contribution is 2.28. The van der Waals surface area contributed by atoms with Gasteiger partial charge in [-0.25, -0.2) is 4.98 Å². The fourth-order valence-corrected chi connectivity index (χ4v) is 3.71. The first kappa shape index (κ1) is 18.3.